The number of anilines is 1. The third kappa shape index (κ3) is 3.17. The highest BCUT2D eigenvalue weighted by Crippen LogP contribution is 2.33. The molecule has 1 aromatic heterocycles. The van der Waals surface area contributed by atoms with Crippen molar-refractivity contribution in [1.29, 1.82) is 0 Å². The SMILES string of the molecule is Clc1cc(Cl)c(NN=Cc2ccnc3ccccc23)c(Cl)c1. The van der Waals surface area contributed by atoms with E-state index < -0.39 is 0 Å². The number of halogens is 3. The molecule has 0 saturated carbocycles. The first-order valence-electron chi connectivity index (χ1n) is 6.42. The first-order chi connectivity index (χ1) is 10.6. The zero-order valence-corrected chi connectivity index (χ0v) is 13.5. The minimum Gasteiger partial charge on any atom is -0.275 e. The number of hydrogen-bond acceptors (Lipinski definition) is 3. The molecular formula is C16H10Cl3N3. The molecule has 0 saturated heterocycles. The summed E-state index contributed by atoms with van der Waals surface area (Å²) in [5.41, 5.74) is 5.22. The standard InChI is InChI=1S/C16H10Cl3N3/c17-11-7-13(18)16(14(19)8-11)22-21-9-10-5-6-20-15-4-2-1-3-12(10)15/h1-9,22H. The number of nitrogens with one attached hydrogen (secondary N) is 1. The fourth-order valence-electron chi connectivity index (χ4n) is 2.05. The van der Waals surface area contributed by atoms with E-state index in [1.54, 1.807) is 24.5 Å². The molecule has 0 unspecified atom stereocenters. The predicted molar refractivity (Wildman–Crippen MR) is 94.4 cm³/mol. The van der Waals surface area contributed by atoms with Crippen molar-refractivity contribution in [1.82, 2.24) is 4.98 Å². The van der Waals surface area contributed by atoms with Crippen LogP contribution in [0.25, 0.3) is 10.9 Å². The predicted octanol–water partition coefficient (Wildman–Crippen LogP) is 5.64. The zero-order chi connectivity index (χ0) is 15.5. The number of rotatable bonds is 3. The van der Waals surface area contributed by atoms with E-state index in [-0.39, 0.29) is 0 Å². The largest absolute Gasteiger partial charge is 0.275 e. The lowest BCUT2D eigenvalue weighted by Crippen LogP contribution is -1.94. The summed E-state index contributed by atoms with van der Waals surface area (Å²) in [5, 5.41) is 6.52. The van der Waals surface area contributed by atoms with Gasteiger partial charge in [0.2, 0.25) is 0 Å². The summed E-state index contributed by atoms with van der Waals surface area (Å²) in [4.78, 5) is 4.31. The quantitative estimate of drug-likeness (QED) is 0.490. The Hall–Kier alpha value is -1.81. The number of hydrogen-bond donors (Lipinski definition) is 1. The Bertz CT molecular complexity index is 834. The van der Waals surface area contributed by atoms with Crippen LogP contribution in [-0.2, 0) is 0 Å². The summed E-state index contributed by atoms with van der Waals surface area (Å²) in [5.74, 6) is 0. The summed E-state index contributed by atoms with van der Waals surface area (Å²) in [7, 11) is 0. The van der Waals surface area contributed by atoms with Crippen molar-refractivity contribution in [3.63, 3.8) is 0 Å². The highest BCUT2D eigenvalue weighted by atomic mass is 35.5. The number of benzene rings is 2. The normalized spacial score (nSPS) is 11.2. The molecule has 1 N–H and O–H groups in total. The van der Waals surface area contributed by atoms with Crippen molar-refractivity contribution in [2.75, 3.05) is 5.43 Å². The van der Waals surface area contributed by atoms with Gasteiger partial charge in [0, 0.05) is 22.2 Å². The average Bonchev–Trinajstić information content (AvgIpc) is 2.50. The molecule has 1 heterocycles. The van der Waals surface area contributed by atoms with Crippen molar-refractivity contribution in [3.05, 3.63) is 69.3 Å². The van der Waals surface area contributed by atoms with Crippen LogP contribution in [0.1, 0.15) is 5.56 Å². The Labute approximate surface area is 142 Å². The maximum Gasteiger partial charge on any atom is 0.0935 e. The molecule has 0 aliphatic heterocycles. The summed E-state index contributed by atoms with van der Waals surface area (Å²) in [6.45, 7) is 0. The number of nitrogens with zero attached hydrogens (tertiary/aromatic N) is 2. The Morgan fingerprint density at radius 3 is 2.50 bits per heavy atom. The molecule has 3 rings (SSSR count). The van der Waals surface area contributed by atoms with Crippen molar-refractivity contribution in [3.8, 4) is 0 Å². The van der Waals surface area contributed by atoms with Gasteiger partial charge in [-0.25, -0.2) is 0 Å². The summed E-state index contributed by atoms with van der Waals surface area (Å²) in [6.07, 6.45) is 3.44. The number of fused-ring (bicyclic) bond motifs is 1. The van der Waals surface area contributed by atoms with E-state index in [0.717, 1.165) is 16.5 Å². The van der Waals surface area contributed by atoms with Gasteiger partial charge in [-0.15, -0.1) is 0 Å². The molecular weight excluding hydrogens is 341 g/mol. The van der Waals surface area contributed by atoms with E-state index in [1.165, 1.54) is 0 Å². The summed E-state index contributed by atoms with van der Waals surface area (Å²) in [6, 6.07) is 12.9. The topological polar surface area (TPSA) is 37.3 Å². The van der Waals surface area contributed by atoms with Gasteiger partial charge in [0.1, 0.15) is 0 Å². The minimum atomic E-state index is 0.411. The van der Waals surface area contributed by atoms with E-state index in [4.69, 9.17) is 34.8 Å². The van der Waals surface area contributed by atoms with Gasteiger partial charge in [0.05, 0.1) is 27.5 Å². The second-order valence-corrected chi connectivity index (χ2v) is 5.78. The number of pyridine rings is 1. The molecule has 22 heavy (non-hydrogen) atoms. The molecule has 0 radical (unpaired) electrons. The molecule has 2 aromatic carbocycles. The van der Waals surface area contributed by atoms with Crippen molar-refractivity contribution in [2.24, 2.45) is 5.10 Å². The Morgan fingerprint density at radius 2 is 1.73 bits per heavy atom. The van der Waals surface area contributed by atoms with Crippen LogP contribution in [0.4, 0.5) is 5.69 Å². The van der Waals surface area contributed by atoms with E-state index in [0.29, 0.717) is 20.8 Å². The Balaban J connectivity index is 1.89. The molecule has 0 fully saturated rings. The van der Waals surface area contributed by atoms with Crippen LogP contribution < -0.4 is 5.43 Å². The van der Waals surface area contributed by atoms with Gasteiger partial charge in [0.25, 0.3) is 0 Å². The fraction of sp³-hybridized carbons (Fsp3) is 0. The van der Waals surface area contributed by atoms with Gasteiger partial charge in [-0.3, -0.25) is 10.4 Å². The van der Waals surface area contributed by atoms with Crippen LogP contribution in [0, 0.1) is 0 Å². The smallest absolute Gasteiger partial charge is 0.0935 e. The second-order valence-electron chi connectivity index (χ2n) is 4.53. The van der Waals surface area contributed by atoms with E-state index in [2.05, 4.69) is 15.5 Å². The highest BCUT2D eigenvalue weighted by molar-refractivity contribution is 6.41. The van der Waals surface area contributed by atoms with Gasteiger partial charge in [-0.05, 0) is 24.3 Å². The van der Waals surface area contributed by atoms with Crippen LogP contribution in [0.5, 0.6) is 0 Å². The van der Waals surface area contributed by atoms with Gasteiger partial charge < -0.3 is 0 Å². The van der Waals surface area contributed by atoms with Crippen LogP contribution in [0.2, 0.25) is 15.1 Å². The maximum absolute atomic E-state index is 6.10. The highest BCUT2D eigenvalue weighted by Gasteiger charge is 2.06. The van der Waals surface area contributed by atoms with E-state index >= 15 is 0 Å². The minimum absolute atomic E-state index is 0.411. The average molecular weight is 351 g/mol. The van der Waals surface area contributed by atoms with Crippen LogP contribution in [-0.4, -0.2) is 11.2 Å². The molecule has 0 bridgehead atoms. The van der Waals surface area contributed by atoms with E-state index in [9.17, 15) is 0 Å². The molecule has 0 aliphatic rings. The number of hydrazone groups is 1. The number of para-hydroxylation sites is 1. The van der Waals surface area contributed by atoms with Crippen molar-refractivity contribution < 1.29 is 0 Å². The van der Waals surface area contributed by atoms with Gasteiger partial charge in [-0.1, -0.05) is 53.0 Å². The fourth-order valence-corrected chi connectivity index (χ4v) is 2.95. The lowest BCUT2D eigenvalue weighted by Gasteiger charge is -2.06. The van der Waals surface area contributed by atoms with Gasteiger partial charge in [0.15, 0.2) is 0 Å². The Kier molecular flexibility index (Phi) is 4.48. The van der Waals surface area contributed by atoms with Crippen LogP contribution in [0.15, 0.2) is 53.8 Å². The first kappa shape index (κ1) is 15.1. The summed E-state index contributed by atoms with van der Waals surface area (Å²) >= 11 is 18.1. The monoisotopic (exact) mass is 349 g/mol. The Morgan fingerprint density at radius 1 is 1.00 bits per heavy atom. The van der Waals surface area contributed by atoms with E-state index in [1.807, 2.05) is 30.3 Å². The molecule has 110 valence electrons. The molecule has 0 amide bonds. The third-order valence-electron chi connectivity index (χ3n) is 3.07. The first-order valence-corrected chi connectivity index (χ1v) is 7.56. The lowest BCUT2D eigenvalue weighted by atomic mass is 10.1. The van der Waals surface area contributed by atoms with Crippen molar-refractivity contribution in [2.45, 2.75) is 0 Å². The third-order valence-corrected chi connectivity index (χ3v) is 3.88. The number of aromatic nitrogens is 1. The molecule has 0 aliphatic carbocycles. The van der Waals surface area contributed by atoms with Gasteiger partial charge in [-0.2, -0.15) is 5.10 Å². The lowest BCUT2D eigenvalue weighted by molar-refractivity contribution is 1.35. The van der Waals surface area contributed by atoms with Crippen LogP contribution in [0.3, 0.4) is 0 Å². The maximum atomic E-state index is 6.10. The summed E-state index contributed by atoms with van der Waals surface area (Å²) < 4.78 is 0. The van der Waals surface area contributed by atoms with Gasteiger partial charge >= 0.3 is 0 Å². The molecule has 3 aromatic rings. The van der Waals surface area contributed by atoms with Crippen molar-refractivity contribution >= 4 is 57.6 Å². The molecule has 0 spiro atoms. The molecule has 0 atom stereocenters. The van der Waals surface area contributed by atoms with Crippen LogP contribution >= 0.6 is 34.8 Å². The molecule has 3 nitrogen and oxygen atoms in total. The molecule has 6 heteroatoms. The zero-order valence-electron chi connectivity index (χ0n) is 11.2. The second kappa shape index (κ2) is 6.53.